The van der Waals surface area contributed by atoms with Crippen molar-refractivity contribution in [2.75, 3.05) is 19.6 Å². The van der Waals surface area contributed by atoms with Gasteiger partial charge in [-0.3, -0.25) is 4.79 Å². The molecule has 1 aliphatic heterocycles. The molecule has 0 aliphatic carbocycles. The van der Waals surface area contributed by atoms with E-state index < -0.39 is 0 Å². The molecule has 1 aliphatic rings. The molecule has 0 aromatic heterocycles. The number of carbonyl (C=O) groups is 1. The molecule has 0 radical (unpaired) electrons. The van der Waals surface area contributed by atoms with Crippen LogP contribution in [0.25, 0.3) is 0 Å². The van der Waals surface area contributed by atoms with E-state index in [1.54, 1.807) is 0 Å². The van der Waals surface area contributed by atoms with Crippen molar-refractivity contribution in [1.82, 2.24) is 10.6 Å². The Morgan fingerprint density at radius 3 is 2.86 bits per heavy atom. The molecular weight excluding hydrogens is 260 g/mol. The van der Waals surface area contributed by atoms with Gasteiger partial charge >= 0.3 is 0 Å². The predicted molar refractivity (Wildman–Crippen MR) is 87.4 cm³/mol. The molecular formula is C18H28N2O. The summed E-state index contributed by atoms with van der Waals surface area (Å²) in [6.07, 6.45) is 4.14. The highest BCUT2D eigenvalue weighted by Gasteiger charge is 2.15. The smallest absolute Gasteiger partial charge is 0.220 e. The molecule has 0 bridgehead atoms. The zero-order valence-electron chi connectivity index (χ0n) is 13.3. The van der Waals surface area contributed by atoms with Crippen LogP contribution in [0.5, 0.6) is 0 Å². The molecule has 0 spiro atoms. The van der Waals surface area contributed by atoms with Crippen LogP contribution in [-0.4, -0.2) is 25.5 Å². The average molecular weight is 288 g/mol. The first-order valence-corrected chi connectivity index (χ1v) is 8.19. The number of aryl methyl sites for hydroxylation is 1. The highest BCUT2D eigenvalue weighted by molar-refractivity contribution is 5.75. The number of hydrogen-bond acceptors (Lipinski definition) is 2. The fourth-order valence-electron chi connectivity index (χ4n) is 2.96. The van der Waals surface area contributed by atoms with Gasteiger partial charge in [-0.05, 0) is 56.7 Å². The third-order valence-corrected chi connectivity index (χ3v) is 4.45. The van der Waals surface area contributed by atoms with Gasteiger partial charge in [-0.25, -0.2) is 0 Å². The fourth-order valence-corrected chi connectivity index (χ4v) is 2.96. The number of carbonyl (C=O) groups excluding carboxylic acids is 1. The molecule has 1 saturated heterocycles. The Morgan fingerprint density at radius 1 is 1.38 bits per heavy atom. The molecule has 3 nitrogen and oxygen atoms in total. The Bertz CT molecular complexity index is 452. The Hall–Kier alpha value is -1.35. The van der Waals surface area contributed by atoms with Gasteiger partial charge in [-0.15, -0.1) is 0 Å². The molecule has 1 atom stereocenters. The topological polar surface area (TPSA) is 41.1 Å². The second-order valence-corrected chi connectivity index (χ2v) is 6.35. The first-order chi connectivity index (χ1) is 10.1. The van der Waals surface area contributed by atoms with Crippen LogP contribution in [0.1, 0.15) is 49.7 Å². The largest absolute Gasteiger partial charge is 0.356 e. The lowest BCUT2D eigenvalue weighted by atomic mass is 9.93. The van der Waals surface area contributed by atoms with Crippen LogP contribution in [0, 0.1) is 12.8 Å². The van der Waals surface area contributed by atoms with Crippen molar-refractivity contribution in [3.63, 3.8) is 0 Å². The normalized spacial score (nSPS) is 17.4. The Morgan fingerprint density at radius 2 is 2.14 bits per heavy atom. The minimum Gasteiger partial charge on any atom is -0.356 e. The van der Waals surface area contributed by atoms with Crippen molar-refractivity contribution in [1.29, 1.82) is 0 Å². The molecule has 1 aromatic carbocycles. The standard InChI is InChI=1S/C18H28N2O/c1-14-4-3-5-17(12-14)15(2)13-20-18(21)7-6-16-8-10-19-11-9-16/h3-5,12,15-16,19H,6-11,13H2,1-2H3,(H,20,21). The van der Waals surface area contributed by atoms with Crippen LogP contribution in [-0.2, 0) is 4.79 Å². The molecule has 2 N–H and O–H groups in total. The van der Waals surface area contributed by atoms with Crippen molar-refractivity contribution in [3.05, 3.63) is 35.4 Å². The van der Waals surface area contributed by atoms with Gasteiger partial charge in [0.1, 0.15) is 0 Å². The third-order valence-electron chi connectivity index (χ3n) is 4.45. The van der Waals surface area contributed by atoms with Crippen LogP contribution in [0.3, 0.4) is 0 Å². The number of piperidine rings is 1. The maximum atomic E-state index is 12.0. The van der Waals surface area contributed by atoms with E-state index in [0.29, 0.717) is 12.3 Å². The number of amides is 1. The summed E-state index contributed by atoms with van der Waals surface area (Å²) in [5.41, 5.74) is 2.57. The van der Waals surface area contributed by atoms with E-state index in [0.717, 1.165) is 32.0 Å². The van der Waals surface area contributed by atoms with Crippen LogP contribution < -0.4 is 10.6 Å². The summed E-state index contributed by atoms with van der Waals surface area (Å²) < 4.78 is 0. The molecule has 0 saturated carbocycles. The van der Waals surface area contributed by atoms with E-state index in [9.17, 15) is 4.79 Å². The second-order valence-electron chi connectivity index (χ2n) is 6.35. The number of benzene rings is 1. The zero-order chi connectivity index (χ0) is 15.1. The molecule has 3 heteroatoms. The average Bonchev–Trinajstić information content (AvgIpc) is 2.51. The zero-order valence-corrected chi connectivity index (χ0v) is 13.3. The summed E-state index contributed by atoms with van der Waals surface area (Å²) in [6, 6.07) is 8.53. The van der Waals surface area contributed by atoms with E-state index in [1.807, 2.05) is 0 Å². The quantitative estimate of drug-likeness (QED) is 0.845. The third kappa shape index (κ3) is 5.50. The molecule has 1 unspecified atom stereocenters. The highest BCUT2D eigenvalue weighted by Crippen LogP contribution is 2.18. The van der Waals surface area contributed by atoms with E-state index in [-0.39, 0.29) is 5.91 Å². The van der Waals surface area contributed by atoms with Gasteiger partial charge in [-0.1, -0.05) is 36.8 Å². The molecule has 1 amide bonds. The van der Waals surface area contributed by atoms with E-state index >= 15 is 0 Å². The van der Waals surface area contributed by atoms with Crippen molar-refractivity contribution in [2.24, 2.45) is 5.92 Å². The maximum Gasteiger partial charge on any atom is 0.220 e. The number of nitrogens with one attached hydrogen (secondary N) is 2. The predicted octanol–water partition coefficient (Wildman–Crippen LogP) is 2.99. The first kappa shape index (κ1) is 16.0. The van der Waals surface area contributed by atoms with Gasteiger partial charge in [0, 0.05) is 13.0 Å². The van der Waals surface area contributed by atoms with Gasteiger partial charge in [0.15, 0.2) is 0 Å². The maximum absolute atomic E-state index is 12.0. The van der Waals surface area contributed by atoms with Crippen molar-refractivity contribution < 1.29 is 4.79 Å². The molecule has 2 rings (SSSR count). The minimum absolute atomic E-state index is 0.202. The molecule has 21 heavy (non-hydrogen) atoms. The van der Waals surface area contributed by atoms with Crippen molar-refractivity contribution >= 4 is 5.91 Å². The van der Waals surface area contributed by atoms with Crippen molar-refractivity contribution in [3.8, 4) is 0 Å². The van der Waals surface area contributed by atoms with E-state index in [1.165, 1.54) is 24.0 Å². The van der Waals surface area contributed by atoms with Crippen LogP contribution in [0.2, 0.25) is 0 Å². The monoisotopic (exact) mass is 288 g/mol. The van der Waals surface area contributed by atoms with Gasteiger partial charge in [0.05, 0.1) is 0 Å². The lowest BCUT2D eigenvalue weighted by Crippen LogP contribution is -2.30. The number of hydrogen-bond donors (Lipinski definition) is 2. The van der Waals surface area contributed by atoms with Gasteiger partial charge in [0.25, 0.3) is 0 Å². The summed E-state index contributed by atoms with van der Waals surface area (Å²) in [5.74, 6) is 1.30. The summed E-state index contributed by atoms with van der Waals surface area (Å²) >= 11 is 0. The summed E-state index contributed by atoms with van der Waals surface area (Å²) in [5, 5.41) is 6.45. The summed E-state index contributed by atoms with van der Waals surface area (Å²) in [4.78, 5) is 12.0. The Balaban J connectivity index is 1.68. The Kier molecular flexibility index (Phi) is 6.24. The SMILES string of the molecule is Cc1cccc(C(C)CNC(=O)CCC2CCNCC2)c1. The van der Waals surface area contributed by atoms with Crippen LogP contribution >= 0.6 is 0 Å². The molecule has 1 aromatic rings. The molecule has 116 valence electrons. The molecule has 1 fully saturated rings. The summed E-state index contributed by atoms with van der Waals surface area (Å²) in [7, 11) is 0. The minimum atomic E-state index is 0.202. The first-order valence-electron chi connectivity index (χ1n) is 8.19. The fraction of sp³-hybridized carbons (Fsp3) is 0.611. The second kappa shape index (κ2) is 8.18. The van der Waals surface area contributed by atoms with Crippen molar-refractivity contribution in [2.45, 2.75) is 45.4 Å². The van der Waals surface area contributed by atoms with Crippen LogP contribution in [0.15, 0.2) is 24.3 Å². The van der Waals surface area contributed by atoms with E-state index in [4.69, 9.17) is 0 Å². The summed E-state index contributed by atoms with van der Waals surface area (Å²) in [6.45, 7) is 7.22. The highest BCUT2D eigenvalue weighted by atomic mass is 16.1. The van der Waals surface area contributed by atoms with Gasteiger partial charge in [-0.2, -0.15) is 0 Å². The Labute approximate surface area is 128 Å². The lowest BCUT2D eigenvalue weighted by molar-refractivity contribution is -0.121. The number of rotatable bonds is 6. The van der Waals surface area contributed by atoms with Gasteiger partial charge < -0.3 is 10.6 Å². The van der Waals surface area contributed by atoms with Gasteiger partial charge in [0.2, 0.25) is 5.91 Å². The van der Waals surface area contributed by atoms with E-state index in [2.05, 4.69) is 48.7 Å². The molecule has 1 heterocycles. The van der Waals surface area contributed by atoms with Crippen LogP contribution in [0.4, 0.5) is 0 Å². The lowest BCUT2D eigenvalue weighted by Gasteiger charge is -2.22.